The van der Waals surface area contributed by atoms with Gasteiger partial charge < -0.3 is 10.2 Å². The molecular formula is C17H19N3O2S2. The molecule has 0 radical (unpaired) electrons. The third-order valence-electron chi connectivity index (χ3n) is 3.87. The van der Waals surface area contributed by atoms with Crippen molar-refractivity contribution in [3.05, 3.63) is 52.0 Å². The fourth-order valence-corrected chi connectivity index (χ4v) is 4.34. The van der Waals surface area contributed by atoms with Crippen LogP contribution >= 0.6 is 23.1 Å². The van der Waals surface area contributed by atoms with Gasteiger partial charge in [-0.25, -0.2) is 4.98 Å². The van der Waals surface area contributed by atoms with E-state index in [1.54, 1.807) is 39.6 Å². The predicted octanol–water partition coefficient (Wildman–Crippen LogP) is 2.33. The zero-order valence-electron chi connectivity index (χ0n) is 13.4. The fraction of sp³-hybridized carbons (Fsp3) is 0.353. The lowest BCUT2D eigenvalue weighted by Crippen LogP contribution is -2.47. The van der Waals surface area contributed by atoms with Gasteiger partial charge in [-0.3, -0.25) is 9.59 Å². The summed E-state index contributed by atoms with van der Waals surface area (Å²) in [7, 11) is 0. The van der Waals surface area contributed by atoms with E-state index in [2.05, 4.69) is 10.3 Å². The minimum Gasteiger partial charge on any atom is -0.354 e. The van der Waals surface area contributed by atoms with Crippen molar-refractivity contribution in [2.24, 2.45) is 0 Å². The Kier molecular flexibility index (Phi) is 5.52. The van der Waals surface area contributed by atoms with Crippen LogP contribution < -0.4 is 5.32 Å². The van der Waals surface area contributed by atoms with Crippen molar-refractivity contribution in [2.45, 2.75) is 19.4 Å². The molecule has 1 aromatic heterocycles. The molecule has 2 amide bonds. The van der Waals surface area contributed by atoms with Crippen LogP contribution in [0.3, 0.4) is 0 Å². The number of amides is 2. The Hall–Kier alpha value is -1.86. The molecule has 7 heteroatoms. The maximum atomic E-state index is 12.7. The number of thioether (sulfide) groups is 1. The largest absolute Gasteiger partial charge is 0.354 e. The number of aryl methyl sites for hydroxylation is 1. The third-order valence-corrected chi connectivity index (χ3v) is 5.52. The first kappa shape index (κ1) is 17.0. The van der Waals surface area contributed by atoms with Gasteiger partial charge in [0, 0.05) is 29.7 Å². The van der Waals surface area contributed by atoms with Gasteiger partial charge in [-0.15, -0.1) is 23.1 Å². The topological polar surface area (TPSA) is 62.3 Å². The van der Waals surface area contributed by atoms with E-state index in [1.165, 1.54) is 0 Å². The van der Waals surface area contributed by atoms with Crippen LogP contribution in [0, 0.1) is 6.92 Å². The van der Waals surface area contributed by atoms with E-state index in [9.17, 15) is 9.59 Å². The van der Waals surface area contributed by atoms with Crippen LogP contribution in [0.2, 0.25) is 0 Å². The van der Waals surface area contributed by atoms with E-state index >= 15 is 0 Å². The first-order chi connectivity index (χ1) is 11.6. The number of nitrogens with zero attached hydrogens (tertiary/aromatic N) is 2. The highest BCUT2D eigenvalue weighted by molar-refractivity contribution is 7.99. The van der Waals surface area contributed by atoms with Crippen LogP contribution in [-0.2, 0) is 11.2 Å². The second-order valence-corrected chi connectivity index (χ2v) is 7.40. The average Bonchev–Trinajstić information content (AvgIpc) is 3.25. The van der Waals surface area contributed by atoms with Gasteiger partial charge in [0.1, 0.15) is 6.04 Å². The first-order valence-corrected chi connectivity index (χ1v) is 9.85. The summed E-state index contributed by atoms with van der Waals surface area (Å²) >= 11 is 3.16. The molecule has 1 saturated heterocycles. The van der Waals surface area contributed by atoms with Crippen LogP contribution in [0.25, 0.3) is 0 Å². The summed E-state index contributed by atoms with van der Waals surface area (Å²) in [5, 5.41) is 4.91. The molecule has 0 aliphatic carbocycles. The Bertz CT molecular complexity index is 718. The molecule has 1 aromatic carbocycles. The van der Waals surface area contributed by atoms with Crippen molar-refractivity contribution in [3.8, 4) is 0 Å². The van der Waals surface area contributed by atoms with Crippen LogP contribution in [0.15, 0.2) is 35.2 Å². The van der Waals surface area contributed by atoms with Crippen molar-refractivity contribution in [3.63, 3.8) is 0 Å². The summed E-state index contributed by atoms with van der Waals surface area (Å²) in [5.41, 5.74) is 4.44. The summed E-state index contributed by atoms with van der Waals surface area (Å²) in [6, 6.07) is 7.09. The number of aromatic nitrogens is 1. The van der Waals surface area contributed by atoms with Gasteiger partial charge in [-0.2, -0.15) is 0 Å². The number of benzene rings is 1. The van der Waals surface area contributed by atoms with Crippen LogP contribution in [-0.4, -0.2) is 45.9 Å². The zero-order chi connectivity index (χ0) is 16.9. The normalized spacial score (nSPS) is 17.0. The lowest BCUT2D eigenvalue weighted by molar-refractivity contribution is -0.124. The average molecular weight is 361 g/mol. The van der Waals surface area contributed by atoms with Gasteiger partial charge in [0.05, 0.1) is 17.1 Å². The molecule has 0 saturated carbocycles. The SMILES string of the molecule is Cc1cccc(C(=O)N2CSC[C@@H]2C(=O)NCCc2cscn2)c1. The standard InChI is InChI=1S/C17H19N3O2S2/c1-12-3-2-4-13(7-12)17(22)20-11-24-9-15(20)16(21)18-6-5-14-8-23-10-19-14/h2-4,7-8,10,15H,5-6,9,11H2,1H3,(H,18,21)/t15-/m1/s1. The monoisotopic (exact) mass is 361 g/mol. The summed E-state index contributed by atoms with van der Waals surface area (Å²) in [5.74, 6) is 1.02. The van der Waals surface area contributed by atoms with Gasteiger partial charge in [-0.1, -0.05) is 17.7 Å². The molecule has 24 heavy (non-hydrogen) atoms. The van der Waals surface area contributed by atoms with Crippen molar-refractivity contribution >= 4 is 34.9 Å². The molecule has 2 aromatic rings. The van der Waals surface area contributed by atoms with Crippen molar-refractivity contribution in [1.29, 1.82) is 0 Å². The lowest BCUT2D eigenvalue weighted by Gasteiger charge is -2.23. The number of hydrogen-bond donors (Lipinski definition) is 1. The highest BCUT2D eigenvalue weighted by Crippen LogP contribution is 2.23. The van der Waals surface area contributed by atoms with Gasteiger partial charge in [0.2, 0.25) is 5.91 Å². The predicted molar refractivity (Wildman–Crippen MR) is 97.3 cm³/mol. The quantitative estimate of drug-likeness (QED) is 0.888. The van der Waals surface area contributed by atoms with Gasteiger partial charge >= 0.3 is 0 Å². The molecule has 1 N–H and O–H groups in total. The Morgan fingerprint density at radius 3 is 3.04 bits per heavy atom. The highest BCUT2D eigenvalue weighted by Gasteiger charge is 2.34. The molecular weight excluding hydrogens is 342 g/mol. The zero-order valence-corrected chi connectivity index (χ0v) is 15.0. The molecule has 0 spiro atoms. The maximum Gasteiger partial charge on any atom is 0.255 e. The number of carbonyl (C=O) groups is 2. The number of carbonyl (C=O) groups excluding carboxylic acids is 2. The number of rotatable bonds is 5. The van der Waals surface area contributed by atoms with E-state index in [4.69, 9.17) is 0 Å². The molecule has 3 rings (SSSR count). The Balaban J connectivity index is 1.60. The summed E-state index contributed by atoms with van der Waals surface area (Å²) in [4.78, 5) is 31.0. The first-order valence-electron chi connectivity index (χ1n) is 7.75. The summed E-state index contributed by atoms with van der Waals surface area (Å²) in [6.45, 7) is 2.49. The van der Waals surface area contributed by atoms with Crippen molar-refractivity contribution in [2.75, 3.05) is 18.2 Å². The lowest BCUT2D eigenvalue weighted by atomic mass is 10.1. The minimum absolute atomic E-state index is 0.0802. The summed E-state index contributed by atoms with van der Waals surface area (Å²) < 4.78 is 0. The molecule has 1 atom stereocenters. The molecule has 0 bridgehead atoms. The van der Waals surface area contributed by atoms with Crippen LogP contribution in [0.5, 0.6) is 0 Å². The summed E-state index contributed by atoms with van der Waals surface area (Å²) in [6.07, 6.45) is 0.709. The second-order valence-electron chi connectivity index (χ2n) is 5.68. The smallest absolute Gasteiger partial charge is 0.255 e. The Labute approximate surface area is 149 Å². The van der Waals surface area contributed by atoms with Crippen LogP contribution in [0.4, 0.5) is 0 Å². The number of hydrogen-bond acceptors (Lipinski definition) is 5. The molecule has 2 heterocycles. The van der Waals surface area contributed by atoms with E-state index in [0.717, 1.165) is 11.3 Å². The van der Waals surface area contributed by atoms with E-state index in [0.29, 0.717) is 30.2 Å². The molecule has 5 nitrogen and oxygen atoms in total. The molecule has 1 aliphatic rings. The van der Waals surface area contributed by atoms with Crippen molar-refractivity contribution in [1.82, 2.24) is 15.2 Å². The number of nitrogens with one attached hydrogen (secondary N) is 1. The third kappa shape index (κ3) is 3.96. The van der Waals surface area contributed by atoms with E-state index in [-0.39, 0.29) is 11.8 Å². The highest BCUT2D eigenvalue weighted by atomic mass is 32.2. The minimum atomic E-state index is -0.404. The molecule has 1 aliphatic heterocycles. The Morgan fingerprint density at radius 2 is 2.29 bits per heavy atom. The Morgan fingerprint density at radius 1 is 1.42 bits per heavy atom. The maximum absolute atomic E-state index is 12.7. The van der Waals surface area contributed by atoms with Gasteiger partial charge in [0.15, 0.2) is 0 Å². The molecule has 126 valence electrons. The molecule has 0 unspecified atom stereocenters. The fourth-order valence-electron chi connectivity index (χ4n) is 2.60. The second kappa shape index (κ2) is 7.81. The van der Waals surface area contributed by atoms with Gasteiger partial charge in [0.25, 0.3) is 5.91 Å². The molecule has 1 fully saturated rings. The van der Waals surface area contributed by atoms with Crippen LogP contribution in [0.1, 0.15) is 21.6 Å². The van der Waals surface area contributed by atoms with E-state index < -0.39 is 6.04 Å². The van der Waals surface area contributed by atoms with Gasteiger partial charge in [-0.05, 0) is 19.1 Å². The number of thiazole rings is 1. The van der Waals surface area contributed by atoms with Crippen molar-refractivity contribution < 1.29 is 9.59 Å². The van der Waals surface area contributed by atoms with E-state index in [1.807, 2.05) is 30.5 Å².